The number of hydrogen-bond acceptors (Lipinski definition) is 8. The van der Waals surface area contributed by atoms with Crippen LogP contribution in [-0.4, -0.2) is 74.0 Å². The Hall–Kier alpha value is -3.96. The minimum Gasteiger partial charge on any atom is -0.493 e. The molecule has 0 atom stereocenters. The number of ether oxygens (including phenoxy) is 2. The largest absolute Gasteiger partial charge is 0.493 e. The monoisotopic (exact) mass is 449 g/mol. The van der Waals surface area contributed by atoms with Crippen molar-refractivity contribution < 1.29 is 14.6 Å². The van der Waals surface area contributed by atoms with Crippen LogP contribution < -0.4 is 21.1 Å². The van der Waals surface area contributed by atoms with Gasteiger partial charge in [0.2, 0.25) is 5.88 Å². The average Bonchev–Trinajstić information content (AvgIpc) is 3.36. The van der Waals surface area contributed by atoms with Gasteiger partial charge in [-0.3, -0.25) is 9.88 Å². The van der Waals surface area contributed by atoms with Crippen LogP contribution in [0.4, 0.5) is 5.69 Å². The van der Waals surface area contributed by atoms with Crippen LogP contribution in [0.2, 0.25) is 0 Å². The normalized spacial score (nSPS) is 16.0. The molecule has 0 amide bonds. The van der Waals surface area contributed by atoms with E-state index in [1.165, 1.54) is 0 Å². The molecule has 0 radical (unpaired) electrons. The molecule has 4 heterocycles. The van der Waals surface area contributed by atoms with Crippen molar-refractivity contribution >= 4 is 17.4 Å². The number of H-pyrrole nitrogens is 2. The standard InChI is InChI=1S/C22H23N7O4/c30-21-18(25-22(31)27-21)12-15-14-23-29-5-4-19(26-20(15)29)24-16-2-1-3-17(13-16)33-11-8-28-6-9-32-10-7-28/h1-5,12-14,30H,6-11H2,(H2,25,27,31)/b15-12+,24-19?. The Bertz CT molecular complexity index is 1430. The highest BCUT2D eigenvalue weighted by molar-refractivity contribution is 5.56. The number of hydrogen-bond donors (Lipinski definition) is 3. The number of rotatable bonds is 6. The van der Waals surface area contributed by atoms with Crippen molar-refractivity contribution in [2.24, 2.45) is 4.99 Å². The average molecular weight is 449 g/mol. The molecule has 0 aliphatic carbocycles. The van der Waals surface area contributed by atoms with Gasteiger partial charge in [0.05, 0.1) is 25.1 Å². The van der Waals surface area contributed by atoms with Gasteiger partial charge in [-0.25, -0.2) is 19.3 Å². The van der Waals surface area contributed by atoms with E-state index in [1.807, 2.05) is 24.3 Å². The Labute approximate surface area is 187 Å². The predicted octanol–water partition coefficient (Wildman–Crippen LogP) is -0.0576. The SMILES string of the molecule is O=c1[nH]c(O)c(/C=c2\cnn3ccc(=Nc4cccc(OCCN5CCOCC5)c4)nc23)[nH]1. The van der Waals surface area contributed by atoms with Crippen LogP contribution >= 0.6 is 0 Å². The summed E-state index contributed by atoms with van der Waals surface area (Å²) < 4.78 is 12.9. The maximum Gasteiger partial charge on any atom is 0.326 e. The summed E-state index contributed by atoms with van der Waals surface area (Å²) in [5.74, 6) is 0.501. The maximum atomic E-state index is 11.4. The van der Waals surface area contributed by atoms with Gasteiger partial charge >= 0.3 is 5.69 Å². The Kier molecular flexibility index (Phi) is 5.87. The fourth-order valence-corrected chi connectivity index (χ4v) is 3.58. The molecule has 0 unspecified atom stereocenters. The predicted molar refractivity (Wildman–Crippen MR) is 119 cm³/mol. The van der Waals surface area contributed by atoms with E-state index >= 15 is 0 Å². The van der Waals surface area contributed by atoms with Crippen molar-refractivity contribution in [3.63, 3.8) is 0 Å². The first kappa shape index (κ1) is 20.9. The van der Waals surface area contributed by atoms with Gasteiger partial charge < -0.3 is 19.6 Å². The van der Waals surface area contributed by atoms with E-state index in [0.717, 1.165) is 38.6 Å². The van der Waals surface area contributed by atoms with Crippen molar-refractivity contribution in [1.82, 2.24) is 29.5 Å². The molecule has 3 N–H and O–H groups in total. The van der Waals surface area contributed by atoms with E-state index in [9.17, 15) is 9.90 Å². The molecule has 11 nitrogen and oxygen atoms in total. The smallest absolute Gasteiger partial charge is 0.326 e. The summed E-state index contributed by atoms with van der Waals surface area (Å²) in [7, 11) is 0. The highest BCUT2D eigenvalue weighted by Crippen LogP contribution is 2.19. The third-order valence-electron chi connectivity index (χ3n) is 5.26. The van der Waals surface area contributed by atoms with E-state index in [0.29, 0.717) is 28.6 Å². The summed E-state index contributed by atoms with van der Waals surface area (Å²) in [5, 5.41) is 14.7. The number of imidazole rings is 1. The molecule has 0 spiro atoms. The summed E-state index contributed by atoms with van der Waals surface area (Å²) in [6.07, 6.45) is 4.94. The number of benzene rings is 1. The molecular formula is C22H23N7O4. The van der Waals surface area contributed by atoms with Crippen LogP contribution in [0, 0.1) is 0 Å². The van der Waals surface area contributed by atoms with Crippen LogP contribution in [0.3, 0.4) is 0 Å². The zero-order valence-corrected chi connectivity index (χ0v) is 17.8. The molecule has 1 aliphatic heterocycles. The van der Waals surface area contributed by atoms with Gasteiger partial charge in [0.1, 0.15) is 18.1 Å². The molecule has 1 saturated heterocycles. The van der Waals surface area contributed by atoms with Crippen LogP contribution in [-0.2, 0) is 4.74 Å². The molecule has 4 aromatic rings. The first-order valence-corrected chi connectivity index (χ1v) is 10.6. The van der Waals surface area contributed by atoms with Crippen molar-refractivity contribution in [2.45, 2.75) is 0 Å². The first-order chi connectivity index (χ1) is 16.1. The second kappa shape index (κ2) is 9.27. The molecule has 33 heavy (non-hydrogen) atoms. The number of morpholine rings is 1. The summed E-state index contributed by atoms with van der Waals surface area (Å²) in [6.45, 7) is 4.85. The minimum absolute atomic E-state index is 0.245. The van der Waals surface area contributed by atoms with Crippen molar-refractivity contribution in [1.29, 1.82) is 0 Å². The van der Waals surface area contributed by atoms with Crippen LogP contribution in [0.1, 0.15) is 5.69 Å². The molecule has 11 heteroatoms. The third-order valence-corrected chi connectivity index (χ3v) is 5.26. The third kappa shape index (κ3) is 4.94. The molecule has 1 aliphatic rings. The number of fused-ring (bicyclic) bond motifs is 1. The molecule has 0 saturated carbocycles. The number of nitrogens with zero attached hydrogens (tertiary/aromatic N) is 5. The maximum absolute atomic E-state index is 11.4. The van der Waals surface area contributed by atoms with Gasteiger partial charge in [0.15, 0.2) is 11.1 Å². The Balaban J connectivity index is 1.37. The summed E-state index contributed by atoms with van der Waals surface area (Å²) in [5.41, 5.74) is 1.51. The molecule has 3 aromatic heterocycles. The van der Waals surface area contributed by atoms with E-state index in [4.69, 9.17) is 9.47 Å². The van der Waals surface area contributed by atoms with Gasteiger partial charge in [0, 0.05) is 43.2 Å². The number of nitrogens with one attached hydrogen (secondary N) is 2. The van der Waals surface area contributed by atoms with Crippen LogP contribution in [0.25, 0.3) is 11.7 Å². The van der Waals surface area contributed by atoms with Gasteiger partial charge in [0.25, 0.3) is 0 Å². The number of aromatic hydroxyl groups is 1. The molecule has 5 rings (SSSR count). The summed E-state index contributed by atoms with van der Waals surface area (Å²) in [4.78, 5) is 27.7. The van der Waals surface area contributed by atoms with Gasteiger partial charge in [-0.05, 0) is 18.2 Å². The lowest BCUT2D eigenvalue weighted by atomic mass is 10.3. The fourth-order valence-electron chi connectivity index (χ4n) is 3.58. The van der Waals surface area contributed by atoms with Gasteiger partial charge in [-0.15, -0.1) is 0 Å². The second-order valence-electron chi connectivity index (χ2n) is 7.55. The van der Waals surface area contributed by atoms with Crippen LogP contribution in [0.15, 0.2) is 52.5 Å². The van der Waals surface area contributed by atoms with Gasteiger partial charge in [-0.2, -0.15) is 5.10 Å². The molecular weight excluding hydrogens is 426 g/mol. The fraction of sp³-hybridized carbons (Fsp3) is 0.273. The summed E-state index contributed by atoms with van der Waals surface area (Å²) >= 11 is 0. The van der Waals surface area contributed by atoms with E-state index in [2.05, 4.69) is 29.9 Å². The lowest BCUT2D eigenvalue weighted by Gasteiger charge is -2.26. The second-order valence-corrected chi connectivity index (χ2v) is 7.55. The van der Waals surface area contributed by atoms with Crippen molar-refractivity contribution in [3.8, 4) is 11.6 Å². The Morgan fingerprint density at radius 2 is 2.12 bits per heavy atom. The molecule has 1 fully saturated rings. The van der Waals surface area contributed by atoms with Gasteiger partial charge in [-0.1, -0.05) is 6.07 Å². The minimum atomic E-state index is -0.495. The number of aromatic nitrogens is 5. The quantitative estimate of drug-likeness (QED) is 0.376. The topological polar surface area (TPSA) is 133 Å². The molecule has 0 bridgehead atoms. The Morgan fingerprint density at radius 1 is 1.24 bits per heavy atom. The zero-order valence-electron chi connectivity index (χ0n) is 17.8. The van der Waals surface area contributed by atoms with Crippen molar-refractivity contribution in [3.05, 3.63) is 69.6 Å². The number of aromatic amines is 2. The molecule has 1 aromatic carbocycles. The highest BCUT2D eigenvalue weighted by Gasteiger charge is 2.10. The van der Waals surface area contributed by atoms with E-state index in [1.54, 1.807) is 29.1 Å². The molecule has 170 valence electrons. The van der Waals surface area contributed by atoms with E-state index in [-0.39, 0.29) is 11.6 Å². The first-order valence-electron chi connectivity index (χ1n) is 10.6. The van der Waals surface area contributed by atoms with Crippen LogP contribution in [0.5, 0.6) is 11.6 Å². The lowest BCUT2D eigenvalue weighted by Crippen LogP contribution is -2.38. The Morgan fingerprint density at radius 3 is 2.94 bits per heavy atom. The van der Waals surface area contributed by atoms with E-state index < -0.39 is 5.69 Å². The lowest BCUT2D eigenvalue weighted by molar-refractivity contribution is 0.0322. The zero-order chi connectivity index (χ0) is 22.6. The van der Waals surface area contributed by atoms with Crippen molar-refractivity contribution in [2.75, 3.05) is 39.5 Å². The highest BCUT2D eigenvalue weighted by atomic mass is 16.5. The summed E-state index contributed by atoms with van der Waals surface area (Å²) in [6, 6.07) is 9.31.